The van der Waals surface area contributed by atoms with Crippen LogP contribution in [0, 0.1) is 0 Å². The van der Waals surface area contributed by atoms with Gasteiger partial charge in [0.2, 0.25) is 5.91 Å². The molecule has 0 radical (unpaired) electrons. The molecule has 0 heterocycles. The van der Waals surface area contributed by atoms with Gasteiger partial charge in [-0.3, -0.25) is 4.79 Å². The fourth-order valence-electron chi connectivity index (χ4n) is 1.81. The van der Waals surface area contributed by atoms with Gasteiger partial charge in [0, 0.05) is 11.4 Å². The lowest BCUT2D eigenvalue weighted by atomic mass is 10.2. The average Bonchev–Trinajstić information content (AvgIpc) is 2.54. The second-order valence-corrected chi connectivity index (χ2v) is 6.14. The molecule has 5 heteroatoms. The Bertz CT molecular complexity index is 641. The highest BCUT2D eigenvalue weighted by Gasteiger charge is 2.14. The quantitative estimate of drug-likeness (QED) is 0.854. The van der Waals surface area contributed by atoms with Gasteiger partial charge in [-0.2, -0.15) is 0 Å². The first-order valence-electron chi connectivity index (χ1n) is 6.86. The van der Waals surface area contributed by atoms with Crippen LogP contribution in [0.2, 0.25) is 0 Å². The van der Waals surface area contributed by atoms with Crippen LogP contribution >= 0.6 is 11.8 Å². The van der Waals surface area contributed by atoms with E-state index < -0.39 is 5.97 Å². The third kappa shape index (κ3) is 4.63. The highest BCUT2D eigenvalue weighted by atomic mass is 32.2. The number of aromatic carboxylic acids is 1. The minimum Gasteiger partial charge on any atom is -0.478 e. The van der Waals surface area contributed by atoms with E-state index >= 15 is 0 Å². The van der Waals surface area contributed by atoms with Crippen LogP contribution in [0.15, 0.2) is 54.6 Å². The lowest BCUT2D eigenvalue weighted by Gasteiger charge is -2.12. The number of carbonyl (C=O) groups is 2. The van der Waals surface area contributed by atoms with Crippen molar-refractivity contribution in [2.24, 2.45) is 0 Å². The van der Waals surface area contributed by atoms with Crippen molar-refractivity contribution in [1.82, 2.24) is 0 Å². The molecule has 2 aromatic rings. The molecule has 0 aliphatic heterocycles. The number of thioether (sulfide) groups is 1. The molecule has 4 nitrogen and oxygen atoms in total. The zero-order valence-electron chi connectivity index (χ0n) is 12.2. The zero-order chi connectivity index (χ0) is 15.9. The van der Waals surface area contributed by atoms with Gasteiger partial charge in [-0.15, -0.1) is 11.8 Å². The number of rotatable bonds is 6. The number of hydrogen-bond acceptors (Lipinski definition) is 3. The van der Waals surface area contributed by atoms with Crippen LogP contribution in [-0.4, -0.2) is 22.2 Å². The van der Waals surface area contributed by atoms with Crippen molar-refractivity contribution in [3.63, 3.8) is 0 Å². The first-order valence-corrected chi connectivity index (χ1v) is 7.91. The molecule has 1 amide bonds. The molecule has 0 aromatic heterocycles. The molecule has 114 valence electrons. The Balaban J connectivity index is 1.87. The molecule has 2 aromatic carbocycles. The predicted molar refractivity (Wildman–Crippen MR) is 89.2 cm³/mol. The summed E-state index contributed by atoms with van der Waals surface area (Å²) in [5.74, 6) is -0.304. The Morgan fingerprint density at radius 3 is 2.32 bits per heavy atom. The van der Waals surface area contributed by atoms with Crippen LogP contribution in [0.4, 0.5) is 5.69 Å². The van der Waals surface area contributed by atoms with E-state index in [0.29, 0.717) is 5.69 Å². The smallest absolute Gasteiger partial charge is 0.335 e. The topological polar surface area (TPSA) is 66.4 Å². The fraction of sp³-hybridized carbons (Fsp3) is 0.176. The monoisotopic (exact) mass is 315 g/mol. The normalized spacial score (nSPS) is 11.7. The van der Waals surface area contributed by atoms with Crippen LogP contribution in [0.1, 0.15) is 22.8 Å². The van der Waals surface area contributed by atoms with E-state index in [1.807, 2.05) is 37.3 Å². The standard InChI is InChI=1S/C17H17NO3S/c1-12(22-11-13-5-3-2-4-6-13)16(19)18-15-9-7-14(8-10-15)17(20)21/h2-10,12H,11H2,1H3,(H,18,19)(H,20,21). The summed E-state index contributed by atoms with van der Waals surface area (Å²) in [5.41, 5.74) is 1.98. The second-order valence-electron chi connectivity index (χ2n) is 4.81. The molecule has 0 aliphatic rings. The van der Waals surface area contributed by atoms with Gasteiger partial charge in [-0.25, -0.2) is 4.79 Å². The molecule has 0 spiro atoms. The number of nitrogens with one attached hydrogen (secondary N) is 1. The summed E-state index contributed by atoms with van der Waals surface area (Å²) >= 11 is 1.56. The van der Waals surface area contributed by atoms with Crippen LogP contribution < -0.4 is 5.32 Å². The maximum atomic E-state index is 12.1. The van der Waals surface area contributed by atoms with E-state index in [2.05, 4.69) is 5.32 Å². The lowest BCUT2D eigenvalue weighted by Crippen LogP contribution is -2.22. The van der Waals surface area contributed by atoms with E-state index in [1.54, 1.807) is 23.9 Å². The fourth-order valence-corrected chi connectivity index (χ4v) is 2.66. The Labute approximate surface area is 133 Å². The molecule has 0 aliphatic carbocycles. The van der Waals surface area contributed by atoms with Crippen molar-refractivity contribution in [1.29, 1.82) is 0 Å². The molecule has 2 rings (SSSR count). The molecule has 1 unspecified atom stereocenters. The predicted octanol–water partition coefficient (Wildman–Crippen LogP) is 3.65. The van der Waals surface area contributed by atoms with Crippen molar-refractivity contribution in [2.45, 2.75) is 17.9 Å². The van der Waals surface area contributed by atoms with E-state index in [0.717, 1.165) is 5.75 Å². The Hall–Kier alpha value is -2.27. The van der Waals surface area contributed by atoms with Crippen molar-refractivity contribution >= 4 is 29.3 Å². The first kappa shape index (κ1) is 16.1. The summed E-state index contributed by atoms with van der Waals surface area (Å²) in [6, 6.07) is 16.1. The number of carboxylic acids is 1. The van der Waals surface area contributed by atoms with Crippen LogP contribution in [-0.2, 0) is 10.5 Å². The van der Waals surface area contributed by atoms with Crippen molar-refractivity contribution in [3.05, 3.63) is 65.7 Å². The third-order valence-electron chi connectivity index (χ3n) is 3.11. The molecule has 0 fully saturated rings. The van der Waals surface area contributed by atoms with Crippen LogP contribution in [0.3, 0.4) is 0 Å². The van der Waals surface area contributed by atoms with Gasteiger partial charge in [0.25, 0.3) is 0 Å². The summed E-state index contributed by atoms with van der Waals surface area (Å²) in [6.45, 7) is 1.86. The largest absolute Gasteiger partial charge is 0.478 e. The summed E-state index contributed by atoms with van der Waals surface area (Å²) in [7, 11) is 0. The highest BCUT2D eigenvalue weighted by molar-refractivity contribution is 7.99. The van der Waals surface area contributed by atoms with E-state index in [4.69, 9.17) is 5.11 Å². The Morgan fingerprint density at radius 2 is 1.73 bits per heavy atom. The summed E-state index contributed by atoms with van der Waals surface area (Å²) in [5, 5.41) is 11.4. The molecule has 0 bridgehead atoms. The molecule has 0 saturated carbocycles. The molecular weight excluding hydrogens is 298 g/mol. The van der Waals surface area contributed by atoms with Gasteiger partial charge < -0.3 is 10.4 Å². The average molecular weight is 315 g/mol. The van der Waals surface area contributed by atoms with Gasteiger partial charge in [0.1, 0.15) is 0 Å². The second kappa shape index (κ2) is 7.66. The zero-order valence-corrected chi connectivity index (χ0v) is 13.0. The van der Waals surface area contributed by atoms with Crippen molar-refractivity contribution in [3.8, 4) is 0 Å². The molecule has 2 N–H and O–H groups in total. The van der Waals surface area contributed by atoms with E-state index in [1.165, 1.54) is 17.7 Å². The first-order chi connectivity index (χ1) is 10.6. The van der Waals surface area contributed by atoms with E-state index in [9.17, 15) is 9.59 Å². The third-order valence-corrected chi connectivity index (χ3v) is 4.33. The number of benzene rings is 2. The molecule has 22 heavy (non-hydrogen) atoms. The minimum atomic E-state index is -0.982. The van der Waals surface area contributed by atoms with Crippen molar-refractivity contribution in [2.75, 3.05) is 5.32 Å². The summed E-state index contributed by atoms with van der Waals surface area (Å²) in [6.07, 6.45) is 0. The maximum Gasteiger partial charge on any atom is 0.335 e. The highest BCUT2D eigenvalue weighted by Crippen LogP contribution is 2.19. The SMILES string of the molecule is CC(SCc1ccccc1)C(=O)Nc1ccc(C(=O)O)cc1. The number of anilines is 1. The van der Waals surface area contributed by atoms with Gasteiger partial charge in [-0.1, -0.05) is 30.3 Å². The minimum absolute atomic E-state index is 0.0935. The van der Waals surface area contributed by atoms with Crippen molar-refractivity contribution < 1.29 is 14.7 Å². The number of carbonyl (C=O) groups excluding carboxylic acids is 1. The molecular formula is C17H17NO3S. The Morgan fingerprint density at radius 1 is 1.09 bits per heavy atom. The number of carboxylic acid groups (broad SMARTS) is 1. The Kier molecular flexibility index (Phi) is 5.61. The van der Waals surface area contributed by atoms with Gasteiger partial charge in [0.05, 0.1) is 10.8 Å². The van der Waals surface area contributed by atoms with Gasteiger partial charge in [-0.05, 0) is 36.8 Å². The summed E-state index contributed by atoms with van der Waals surface area (Å²) < 4.78 is 0. The maximum absolute atomic E-state index is 12.1. The van der Waals surface area contributed by atoms with Crippen LogP contribution in [0.5, 0.6) is 0 Å². The van der Waals surface area contributed by atoms with E-state index in [-0.39, 0.29) is 16.7 Å². The molecule has 0 saturated heterocycles. The summed E-state index contributed by atoms with van der Waals surface area (Å²) in [4.78, 5) is 22.9. The number of hydrogen-bond donors (Lipinski definition) is 2. The number of amides is 1. The van der Waals surface area contributed by atoms with Gasteiger partial charge >= 0.3 is 5.97 Å². The lowest BCUT2D eigenvalue weighted by molar-refractivity contribution is -0.115. The molecule has 1 atom stereocenters. The van der Waals surface area contributed by atoms with Crippen LogP contribution in [0.25, 0.3) is 0 Å². The van der Waals surface area contributed by atoms with Gasteiger partial charge in [0.15, 0.2) is 0 Å².